The van der Waals surface area contributed by atoms with E-state index in [1.807, 2.05) is 34.6 Å². The average molecular weight is 247 g/mol. The van der Waals surface area contributed by atoms with Crippen LogP contribution in [0.3, 0.4) is 0 Å². The van der Waals surface area contributed by atoms with Gasteiger partial charge in [0.1, 0.15) is 16.7 Å². The molecular formula is C11H21NO3S. The molecule has 0 aromatic rings. The molecule has 0 saturated heterocycles. The first kappa shape index (κ1) is 15.3. The minimum Gasteiger partial charge on any atom is -0.461 e. The third-order valence-electron chi connectivity index (χ3n) is 1.74. The highest BCUT2D eigenvalue weighted by atomic mass is 32.2. The van der Waals surface area contributed by atoms with Crippen LogP contribution < -0.4 is 0 Å². The minimum absolute atomic E-state index is 0.0923. The Morgan fingerprint density at radius 2 is 1.88 bits per heavy atom. The van der Waals surface area contributed by atoms with Gasteiger partial charge in [-0.1, -0.05) is 13.8 Å². The van der Waals surface area contributed by atoms with E-state index >= 15 is 0 Å². The van der Waals surface area contributed by atoms with Gasteiger partial charge in [0.25, 0.3) is 0 Å². The average Bonchev–Trinajstić information content (AvgIpc) is 2.11. The first-order chi connectivity index (χ1) is 7.20. The van der Waals surface area contributed by atoms with Crippen molar-refractivity contribution in [2.24, 2.45) is 10.3 Å². The van der Waals surface area contributed by atoms with Crippen molar-refractivity contribution in [3.8, 4) is 0 Å². The number of hydrogen-bond donors (Lipinski definition) is 0. The Bertz CT molecular complexity index is 303. The summed E-state index contributed by atoms with van der Waals surface area (Å²) in [5.74, 6) is -0.569. The Morgan fingerprint density at radius 3 is 2.19 bits per heavy atom. The first-order valence-electron chi connectivity index (χ1n) is 5.37. The Balaban J connectivity index is 5.00. The summed E-state index contributed by atoms with van der Waals surface area (Å²) in [7, 11) is -1.43. The van der Waals surface area contributed by atoms with Gasteiger partial charge in [0.05, 0.1) is 11.4 Å². The van der Waals surface area contributed by atoms with E-state index in [-0.39, 0.29) is 11.6 Å². The molecule has 0 aliphatic carbocycles. The Hall–Kier alpha value is -0.710. The normalized spacial score (nSPS) is 15.1. The van der Waals surface area contributed by atoms with Crippen LogP contribution in [0.4, 0.5) is 0 Å². The van der Waals surface area contributed by atoms with Crippen LogP contribution in [-0.2, 0) is 20.5 Å². The molecule has 0 fully saturated rings. The molecule has 0 aliphatic heterocycles. The maximum Gasteiger partial charge on any atom is 0.353 e. The summed E-state index contributed by atoms with van der Waals surface area (Å²) in [5.41, 5.74) is 0.245. The van der Waals surface area contributed by atoms with E-state index in [1.165, 1.54) is 0 Å². The lowest BCUT2D eigenvalue weighted by Gasteiger charge is -2.15. The zero-order valence-electron chi connectivity index (χ0n) is 10.9. The summed E-state index contributed by atoms with van der Waals surface area (Å²) in [6.45, 7) is 11.1. The van der Waals surface area contributed by atoms with Crippen molar-refractivity contribution in [3.63, 3.8) is 0 Å². The Labute approximate surface area is 100 Å². The van der Waals surface area contributed by atoms with E-state index in [2.05, 4.69) is 4.40 Å². The maximum atomic E-state index is 11.8. The predicted molar refractivity (Wildman–Crippen MR) is 66.8 cm³/mol. The summed E-state index contributed by atoms with van der Waals surface area (Å²) in [6, 6.07) is 0. The molecule has 0 N–H and O–H groups in total. The monoisotopic (exact) mass is 247 g/mol. The summed E-state index contributed by atoms with van der Waals surface area (Å²) >= 11 is 0. The first-order valence-corrected chi connectivity index (χ1v) is 6.48. The second kappa shape index (κ2) is 6.13. The number of carbonyl (C=O) groups excluding carboxylic acids is 1. The molecular weight excluding hydrogens is 226 g/mol. The number of carbonyl (C=O) groups is 1. The van der Waals surface area contributed by atoms with E-state index < -0.39 is 21.7 Å². The van der Waals surface area contributed by atoms with E-state index in [9.17, 15) is 9.00 Å². The fraction of sp³-hybridized carbons (Fsp3) is 0.818. The van der Waals surface area contributed by atoms with Crippen molar-refractivity contribution in [1.29, 1.82) is 0 Å². The quantitative estimate of drug-likeness (QED) is 0.564. The van der Waals surface area contributed by atoms with E-state index in [4.69, 9.17) is 4.74 Å². The highest BCUT2D eigenvalue weighted by molar-refractivity contribution is 7.85. The molecule has 5 heteroatoms. The van der Waals surface area contributed by atoms with Gasteiger partial charge < -0.3 is 4.74 Å². The lowest BCUT2D eigenvalue weighted by Crippen LogP contribution is -2.27. The lowest BCUT2D eigenvalue weighted by molar-refractivity contribution is -0.135. The molecule has 0 aromatic carbocycles. The molecule has 4 nitrogen and oxygen atoms in total. The van der Waals surface area contributed by atoms with Crippen LogP contribution >= 0.6 is 0 Å². The number of ether oxygens (including phenoxy) is 1. The van der Waals surface area contributed by atoms with Crippen LogP contribution in [0.15, 0.2) is 4.40 Å². The Morgan fingerprint density at radius 1 is 1.38 bits per heavy atom. The van der Waals surface area contributed by atoms with Gasteiger partial charge >= 0.3 is 5.97 Å². The van der Waals surface area contributed by atoms with Crippen molar-refractivity contribution in [1.82, 2.24) is 0 Å². The maximum absolute atomic E-state index is 11.8. The molecule has 94 valence electrons. The topological polar surface area (TPSA) is 55.7 Å². The molecule has 0 spiro atoms. The molecule has 16 heavy (non-hydrogen) atoms. The standard InChI is InChI=1S/C11H21NO3S/c1-7-15-10(13)9(8(2)3)12-16(14)11(4,5)6/h8H,7H2,1-6H3/b12-9+/t16-/m0/s1. The summed E-state index contributed by atoms with van der Waals surface area (Å²) in [4.78, 5) is 11.6. The molecule has 0 aliphatic rings. The number of hydrogen-bond acceptors (Lipinski definition) is 3. The second-order valence-corrected chi connectivity index (χ2v) is 6.62. The highest BCUT2D eigenvalue weighted by Crippen LogP contribution is 2.14. The van der Waals surface area contributed by atoms with Crippen LogP contribution in [0, 0.1) is 5.92 Å². The third kappa shape index (κ3) is 4.88. The largest absolute Gasteiger partial charge is 0.461 e. The van der Waals surface area contributed by atoms with Crippen molar-refractivity contribution in [2.45, 2.75) is 46.3 Å². The summed E-state index contributed by atoms with van der Waals surface area (Å²) in [6.07, 6.45) is 0. The minimum atomic E-state index is -1.43. The van der Waals surface area contributed by atoms with Gasteiger partial charge in [0.2, 0.25) is 0 Å². The molecule has 0 aromatic heterocycles. The van der Waals surface area contributed by atoms with Crippen LogP contribution in [0.25, 0.3) is 0 Å². The summed E-state index contributed by atoms with van der Waals surface area (Å²) in [5, 5.41) is 0. The molecule has 0 saturated carbocycles. The number of esters is 1. The predicted octanol–water partition coefficient (Wildman–Crippen LogP) is 2.11. The van der Waals surface area contributed by atoms with Crippen molar-refractivity contribution >= 4 is 22.7 Å². The fourth-order valence-corrected chi connectivity index (χ4v) is 1.55. The van der Waals surface area contributed by atoms with Crippen molar-refractivity contribution in [3.05, 3.63) is 0 Å². The zero-order chi connectivity index (χ0) is 12.9. The van der Waals surface area contributed by atoms with Gasteiger partial charge in [0.15, 0.2) is 0 Å². The van der Waals surface area contributed by atoms with Crippen LogP contribution in [0.1, 0.15) is 41.5 Å². The van der Waals surface area contributed by atoms with Crippen LogP contribution in [0.2, 0.25) is 0 Å². The van der Waals surface area contributed by atoms with Gasteiger partial charge in [-0.05, 0) is 27.7 Å². The fourth-order valence-electron chi connectivity index (χ4n) is 0.810. The molecule has 0 bridgehead atoms. The van der Waals surface area contributed by atoms with Gasteiger partial charge in [-0.25, -0.2) is 9.00 Å². The van der Waals surface area contributed by atoms with E-state index in [0.29, 0.717) is 6.61 Å². The highest BCUT2D eigenvalue weighted by Gasteiger charge is 2.24. The van der Waals surface area contributed by atoms with E-state index in [0.717, 1.165) is 0 Å². The Kier molecular flexibility index (Phi) is 5.86. The summed E-state index contributed by atoms with van der Waals surface area (Å²) < 4.78 is 20.2. The third-order valence-corrected chi connectivity index (χ3v) is 3.15. The molecule has 0 rings (SSSR count). The van der Waals surface area contributed by atoms with Gasteiger partial charge in [-0.15, -0.1) is 0 Å². The molecule has 0 radical (unpaired) electrons. The van der Waals surface area contributed by atoms with Crippen molar-refractivity contribution in [2.75, 3.05) is 6.61 Å². The zero-order valence-corrected chi connectivity index (χ0v) is 11.7. The van der Waals surface area contributed by atoms with Gasteiger partial charge in [0, 0.05) is 5.92 Å². The van der Waals surface area contributed by atoms with E-state index in [1.54, 1.807) is 6.92 Å². The molecule has 0 unspecified atom stereocenters. The second-order valence-electron chi connectivity index (χ2n) is 4.71. The van der Waals surface area contributed by atoms with Crippen LogP contribution in [0.5, 0.6) is 0 Å². The van der Waals surface area contributed by atoms with Gasteiger partial charge in [-0.2, -0.15) is 4.40 Å². The molecule has 0 heterocycles. The van der Waals surface area contributed by atoms with Crippen LogP contribution in [-0.4, -0.2) is 27.2 Å². The molecule has 1 atom stereocenters. The number of nitrogens with zero attached hydrogens (tertiary/aromatic N) is 1. The number of rotatable bonds is 4. The van der Waals surface area contributed by atoms with Gasteiger partial charge in [-0.3, -0.25) is 0 Å². The van der Waals surface area contributed by atoms with Crippen molar-refractivity contribution < 1.29 is 13.7 Å². The smallest absolute Gasteiger partial charge is 0.353 e. The lowest BCUT2D eigenvalue weighted by atomic mass is 10.1. The SMILES string of the molecule is CCOC(=O)/C(=N/[S@@](=O)C(C)(C)C)C(C)C. The molecule has 0 amide bonds.